The first-order chi connectivity index (χ1) is 13.5. The lowest BCUT2D eigenvalue weighted by molar-refractivity contribution is -0.125. The molecule has 2 atom stereocenters. The van der Waals surface area contributed by atoms with Crippen LogP contribution in [0.3, 0.4) is 0 Å². The highest BCUT2D eigenvalue weighted by Gasteiger charge is 2.29. The van der Waals surface area contributed by atoms with E-state index in [2.05, 4.69) is 26.4 Å². The van der Waals surface area contributed by atoms with Crippen LogP contribution >= 0.6 is 23.2 Å². The summed E-state index contributed by atoms with van der Waals surface area (Å²) < 4.78 is 1.57. The van der Waals surface area contributed by atoms with Crippen LogP contribution in [0.5, 0.6) is 0 Å². The molecule has 3 rings (SSSR count). The summed E-state index contributed by atoms with van der Waals surface area (Å²) in [4.78, 5) is 24.5. The van der Waals surface area contributed by atoms with Crippen molar-refractivity contribution in [3.8, 4) is 0 Å². The van der Waals surface area contributed by atoms with Crippen LogP contribution in [0.25, 0.3) is 0 Å². The molecule has 0 radical (unpaired) electrons. The van der Waals surface area contributed by atoms with Crippen molar-refractivity contribution in [1.29, 1.82) is 0 Å². The maximum atomic E-state index is 12.6. The van der Waals surface area contributed by atoms with Crippen LogP contribution in [-0.2, 0) is 10.2 Å². The normalized spacial score (nSPS) is 19.6. The minimum Gasteiger partial charge on any atom is -0.322 e. The van der Waals surface area contributed by atoms with Crippen molar-refractivity contribution < 1.29 is 9.59 Å². The number of nitrogens with one attached hydrogen (secondary N) is 4. The smallest absolute Gasteiger partial charge is 0.322 e. The van der Waals surface area contributed by atoms with E-state index in [-0.39, 0.29) is 17.4 Å². The monoisotopic (exact) mass is 438 g/mol. The molecule has 2 heterocycles. The molecule has 0 spiro atoms. The predicted octanol–water partition coefficient (Wildman–Crippen LogP) is 4.09. The van der Waals surface area contributed by atoms with Crippen LogP contribution in [0.1, 0.15) is 46.1 Å². The summed E-state index contributed by atoms with van der Waals surface area (Å²) >= 11 is 11.9. The molecule has 29 heavy (non-hydrogen) atoms. The van der Waals surface area contributed by atoms with E-state index in [9.17, 15) is 9.59 Å². The van der Waals surface area contributed by atoms with E-state index < -0.39 is 12.3 Å². The fourth-order valence-corrected chi connectivity index (χ4v) is 3.19. The Bertz CT molecular complexity index is 937. The van der Waals surface area contributed by atoms with E-state index in [1.54, 1.807) is 28.9 Å². The standard InChI is InChI=1S/C19H24Cl2N6O2/c1-10-7-16(28)25-17(22-10)27-15(9-14(26-27)19(2,3)4)24-18(29)23-11-5-6-12(20)13(21)8-11/h5-6,8-10,17,22H,7H2,1-4H3,(H,25,28)(H2,23,24,29). The number of carbonyl (C=O) groups is 2. The quantitative estimate of drug-likeness (QED) is 0.579. The molecule has 1 aliphatic heterocycles. The first-order valence-corrected chi connectivity index (χ1v) is 9.97. The fourth-order valence-electron chi connectivity index (χ4n) is 2.90. The Morgan fingerprint density at radius 3 is 2.55 bits per heavy atom. The van der Waals surface area contributed by atoms with Gasteiger partial charge in [-0.15, -0.1) is 0 Å². The Balaban J connectivity index is 1.84. The van der Waals surface area contributed by atoms with Crippen LogP contribution < -0.4 is 21.3 Å². The van der Waals surface area contributed by atoms with Gasteiger partial charge in [0.25, 0.3) is 0 Å². The first-order valence-electron chi connectivity index (χ1n) is 9.21. The van der Waals surface area contributed by atoms with Crippen LogP contribution in [0, 0.1) is 0 Å². The lowest BCUT2D eigenvalue weighted by Gasteiger charge is -2.30. The van der Waals surface area contributed by atoms with Gasteiger partial charge in [-0.05, 0) is 25.1 Å². The summed E-state index contributed by atoms with van der Waals surface area (Å²) in [6.45, 7) is 7.99. The van der Waals surface area contributed by atoms with E-state index in [0.29, 0.717) is 28.0 Å². The summed E-state index contributed by atoms with van der Waals surface area (Å²) in [5, 5.41) is 17.0. The molecule has 1 aromatic carbocycles. The van der Waals surface area contributed by atoms with Crippen LogP contribution in [0.2, 0.25) is 10.0 Å². The highest BCUT2D eigenvalue weighted by atomic mass is 35.5. The van der Waals surface area contributed by atoms with E-state index >= 15 is 0 Å². The minimum atomic E-state index is -0.567. The molecule has 0 aliphatic carbocycles. The summed E-state index contributed by atoms with van der Waals surface area (Å²) in [7, 11) is 0. The molecule has 1 aliphatic rings. The third-order valence-electron chi connectivity index (χ3n) is 4.40. The number of rotatable bonds is 3. The predicted molar refractivity (Wildman–Crippen MR) is 114 cm³/mol. The van der Waals surface area contributed by atoms with Crippen molar-refractivity contribution in [2.75, 3.05) is 10.6 Å². The molecule has 8 nitrogen and oxygen atoms in total. The lowest BCUT2D eigenvalue weighted by Crippen LogP contribution is -2.52. The third-order valence-corrected chi connectivity index (χ3v) is 5.14. The van der Waals surface area contributed by atoms with Crippen molar-refractivity contribution >= 4 is 46.6 Å². The second-order valence-corrected chi connectivity index (χ2v) is 8.87. The lowest BCUT2D eigenvalue weighted by atomic mass is 9.92. The number of hydrogen-bond donors (Lipinski definition) is 4. The van der Waals surface area contributed by atoms with Gasteiger partial charge < -0.3 is 10.6 Å². The fraction of sp³-hybridized carbons (Fsp3) is 0.421. The number of urea groups is 1. The van der Waals surface area contributed by atoms with Gasteiger partial charge in [-0.1, -0.05) is 44.0 Å². The molecule has 0 saturated carbocycles. The Labute approximate surface area is 179 Å². The number of carbonyl (C=O) groups excluding carboxylic acids is 2. The van der Waals surface area contributed by atoms with Crippen LogP contribution in [0.15, 0.2) is 24.3 Å². The summed E-state index contributed by atoms with van der Waals surface area (Å²) in [5.74, 6) is 0.361. The molecule has 1 saturated heterocycles. The second kappa shape index (κ2) is 8.22. The van der Waals surface area contributed by atoms with Gasteiger partial charge in [-0.25, -0.2) is 9.48 Å². The number of nitrogens with zero attached hydrogens (tertiary/aromatic N) is 2. The Morgan fingerprint density at radius 1 is 1.21 bits per heavy atom. The van der Waals surface area contributed by atoms with Gasteiger partial charge >= 0.3 is 6.03 Å². The minimum absolute atomic E-state index is 0.0195. The molecule has 4 N–H and O–H groups in total. The molecule has 10 heteroatoms. The van der Waals surface area contributed by atoms with Gasteiger partial charge in [0.2, 0.25) is 5.91 Å². The largest absolute Gasteiger partial charge is 0.324 e. The number of amides is 3. The zero-order valence-electron chi connectivity index (χ0n) is 16.6. The summed E-state index contributed by atoms with van der Waals surface area (Å²) in [6, 6.07) is 6.11. The molecule has 3 amide bonds. The Morgan fingerprint density at radius 2 is 1.93 bits per heavy atom. The zero-order chi connectivity index (χ0) is 21.3. The summed E-state index contributed by atoms with van der Waals surface area (Å²) in [6.07, 6.45) is -0.188. The first kappa shape index (κ1) is 21.4. The molecule has 2 unspecified atom stereocenters. The maximum absolute atomic E-state index is 12.6. The van der Waals surface area contributed by atoms with Crippen molar-refractivity contribution in [2.24, 2.45) is 0 Å². The Hall–Kier alpha value is -2.29. The van der Waals surface area contributed by atoms with Gasteiger partial charge in [0, 0.05) is 29.6 Å². The van der Waals surface area contributed by atoms with Crippen LogP contribution in [-0.4, -0.2) is 27.8 Å². The second-order valence-electron chi connectivity index (χ2n) is 8.06. The average Bonchev–Trinajstić information content (AvgIpc) is 3.01. The number of hydrogen-bond acceptors (Lipinski definition) is 4. The summed E-state index contributed by atoms with van der Waals surface area (Å²) in [5.41, 5.74) is 1.03. The molecular weight excluding hydrogens is 415 g/mol. The van der Waals surface area contributed by atoms with E-state index in [1.807, 2.05) is 27.7 Å². The van der Waals surface area contributed by atoms with Crippen molar-refractivity contribution in [1.82, 2.24) is 20.4 Å². The highest BCUT2D eigenvalue weighted by Crippen LogP contribution is 2.27. The zero-order valence-corrected chi connectivity index (χ0v) is 18.1. The van der Waals surface area contributed by atoms with Crippen molar-refractivity contribution in [3.63, 3.8) is 0 Å². The Kier molecular flexibility index (Phi) is 6.07. The molecule has 1 aromatic heterocycles. The topological polar surface area (TPSA) is 100 Å². The van der Waals surface area contributed by atoms with E-state index in [1.165, 1.54) is 0 Å². The van der Waals surface area contributed by atoms with Crippen LogP contribution in [0.4, 0.5) is 16.3 Å². The molecular formula is C19H24Cl2N6O2. The van der Waals surface area contributed by atoms with E-state index in [4.69, 9.17) is 23.2 Å². The van der Waals surface area contributed by atoms with Crippen molar-refractivity contribution in [2.45, 2.75) is 51.9 Å². The van der Waals surface area contributed by atoms with E-state index in [0.717, 1.165) is 5.69 Å². The van der Waals surface area contributed by atoms with Gasteiger partial charge in [0.1, 0.15) is 5.82 Å². The molecule has 1 fully saturated rings. The SMILES string of the molecule is CC1CC(=O)NC(n2nc(C(C)(C)C)cc2NC(=O)Nc2ccc(Cl)c(Cl)c2)N1. The molecule has 2 aromatic rings. The number of halogens is 2. The molecule has 0 bridgehead atoms. The van der Waals surface area contributed by atoms with Gasteiger partial charge in [0.05, 0.1) is 15.7 Å². The number of benzene rings is 1. The van der Waals surface area contributed by atoms with Gasteiger partial charge in [0.15, 0.2) is 6.29 Å². The van der Waals surface area contributed by atoms with Gasteiger partial charge in [-0.3, -0.25) is 15.4 Å². The molecule has 156 valence electrons. The third kappa shape index (κ3) is 5.20. The average molecular weight is 439 g/mol. The highest BCUT2D eigenvalue weighted by molar-refractivity contribution is 6.42. The number of anilines is 2. The van der Waals surface area contributed by atoms with Crippen molar-refractivity contribution in [3.05, 3.63) is 40.0 Å². The van der Waals surface area contributed by atoms with Gasteiger partial charge in [-0.2, -0.15) is 5.10 Å². The number of aromatic nitrogens is 2. The maximum Gasteiger partial charge on any atom is 0.324 e.